The fourth-order valence-corrected chi connectivity index (χ4v) is 3.52. The third kappa shape index (κ3) is 1.70. The van der Waals surface area contributed by atoms with E-state index in [1.54, 1.807) is 4.90 Å². The van der Waals surface area contributed by atoms with E-state index in [0.29, 0.717) is 6.42 Å². The normalized spacial score (nSPS) is 31.4. The van der Waals surface area contributed by atoms with Gasteiger partial charge in [-0.3, -0.25) is 4.79 Å². The Kier molecular flexibility index (Phi) is 2.06. The maximum Gasteiger partial charge on any atom is 0.226 e. The van der Waals surface area contributed by atoms with E-state index in [0.717, 1.165) is 19.5 Å². The fraction of sp³-hybridized carbons (Fsp3) is 0.875. The van der Waals surface area contributed by atoms with Crippen molar-refractivity contribution >= 4 is 15.7 Å². The first-order valence-corrected chi connectivity index (χ1v) is 6.40. The van der Waals surface area contributed by atoms with Gasteiger partial charge in [0.05, 0.1) is 17.4 Å². The first-order chi connectivity index (χ1) is 6.08. The molecule has 2 aliphatic rings. The first-order valence-electron chi connectivity index (χ1n) is 4.58. The van der Waals surface area contributed by atoms with Gasteiger partial charge in [-0.05, 0) is 12.8 Å². The zero-order chi connectivity index (χ0) is 9.47. The van der Waals surface area contributed by atoms with Crippen molar-refractivity contribution in [2.75, 3.05) is 24.6 Å². The Bertz CT molecular complexity index is 318. The highest BCUT2D eigenvalue weighted by atomic mass is 32.2. The monoisotopic (exact) mass is 203 g/mol. The molecule has 2 saturated heterocycles. The molecule has 13 heavy (non-hydrogen) atoms. The van der Waals surface area contributed by atoms with Gasteiger partial charge in [0.2, 0.25) is 5.91 Å². The molecular formula is C8H13NO3S. The van der Waals surface area contributed by atoms with Crippen LogP contribution in [0.5, 0.6) is 0 Å². The lowest BCUT2D eigenvalue weighted by molar-refractivity contribution is -0.138. The number of carbonyl (C=O) groups is 1. The molecule has 2 heterocycles. The number of amides is 1. The molecule has 0 bridgehead atoms. The second kappa shape index (κ2) is 2.97. The number of nitrogens with zero attached hydrogens (tertiary/aromatic N) is 1. The van der Waals surface area contributed by atoms with Gasteiger partial charge in [0.1, 0.15) is 0 Å². The lowest BCUT2D eigenvalue weighted by atomic mass is 10.1. The van der Waals surface area contributed by atoms with Crippen LogP contribution in [0.25, 0.3) is 0 Å². The fourth-order valence-electron chi connectivity index (χ4n) is 1.78. The Morgan fingerprint density at radius 1 is 1.31 bits per heavy atom. The quantitative estimate of drug-likeness (QED) is 0.585. The van der Waals surface area contributed by atoms with E-state index in [1.165, 1.54) is 0 Å². The number of carbonyl (C=O) groups excluding carboxylic acids is 1. The van der Waals surface area contributed by atoms with Crippen LogP contribution < -0.4 is 0 Å². The van der Waals surface area contributed by atoms with Crippen LogP contribution >= 0.6 is 0 Å². The second-order valence-corrected chi connectivity index (χ2v) is 6.01. The average molecular weight is 203 g/mol. The van der Waals surface area contributed by atoms with E-state index in [-0.39, 0.29) is 23.3 Å². The minimum absolute atomic E-state index is 0.0484. The van der Waals surface area contributed by atoms with Gasteiger partial charge < -0.3 is 4.90 Å². The Hall–Kier alpha value is -0.580. The molecule has 0 aliphatic carbocycles. The third-order valence-electron chi connectivity index (χ3n) is 2.75. The predicted molar refractivity (Wildman–Crippen MR) is 48.0 cm³/mol. The van der Waals surface area contributed by atoms with Gasteiger partial charge in [-0.2, -0.15) is 0 Å². The average Bonchev–Trinajstić information content (AvgIpc) is 2.26. The summed E-state index contributed by atoms with van der Waals surface area (Å²) in [5.41, 5.74) is 0. The highest BCUT2D eigenvalue weighted by molar-refractivity contribution is 7.91. The van der Waals surface area contributed by atoms with Crippen LogP contribution in [0.3, 0.4) is 0 Å². The third-order valence-corrected chi connectivity index (χ3v) is 4.52. The predicted octanol–water partition coefficient (Wildman–Crippen LogP) is -0.347. The summed E-state index contributed by atoms with van der Waals surface area (Å²) < 4.78 is 22.2. The van der Waals surface area contributed by atoms with Gasteiger partial charge >= 0.3 is 0 Å². The zero-order valence-electron chi connectivity index (χ0n) is 7.40. The van der Waals surface area contributed by atoms with Crippen LogP contribution in [0.15, 0.2) is 0 Å². The molecule has 0 saturated carbocycles. The van der Waals surface area contributed by atoms with E-state index in [4.69, 9.17) is 0 Å². The van der Waals surface area contributed by atoms with Crippen LogP contribution in [0.4, 0.5) is 0 Å². The summed E-state index contributed by atoms with van der Waals surface area (Å²) in [6.45, 7) is 1.63. The highest BCUT2D eigenvalue weighted by Gasteiger charge is 2.36. The first kappa shape index (κ1) is 8.99. The topological polar surface area (TPSA) is 54.5 Å². The van der Waals surface area contributed by atoms with Gasteiger partial charge in [-0.1, -0.05) is 0 Å². The van der Waals surface area contributed by atoms with Gasteiger partial charge in [-0.25, -0.2) is 8.42 Å². The van der Waals surface area contributed by atoms with E-state index in [9.17, 15) is 13.2 Å². The Labute approximate surface area is 77.8 Å². The number of hydrogen-bond donors (Lipinski definition) is 0. The largest absolute Gasteiger partial charge is 0.342 e. The molecule has 2 rings (SSSR count). The molecule has 4 nitrogen and oxygen atoms in total. The van der Waals surface area contributed by atoms with E-state index in [2.05, 4.69) is 0 Å². The van der Waals surface area contributed by atoms with Crippen molar-refractivity contribution in [3.8, 4) is 0 Å². The van der Waals surface area contributed by atoms with Crippen molar-refractivity contribution in [2.24, 2.45) is 5.92 Å². The van der Waals surface area contributed by atoms with Crippen LogP contribution in [-0.2, 0) is 14.6 Å². The van der Waals surface area contributed by atoms with Crippen LogP contribution in [-0.4, -0.2) is 43.8 Å². The van der Waals surface area contributed by atoms with Crippen LogP contribution in [0, 0.1) is 5.92 Å². The summed E-state index contributed by atoms with van der Waals surface area (Å²) >= 11 is 0. The molecule has 0 aromatic heterocycles. The summed E-state index contributed by atoms with van der Waals surface area (Å²) in [5.74, 6) is 0.0668. The van der Waals surface area contributed by atoms with E-state index < -0.39 is 9.84 Å². The Balaban J connectivity index is 1.99. The van der Waals surface area contributed by atoms with Crippen molar-refractivity contribution < 1.29 is 13.2 Å². The molecule has 2 fully saturated rings. The molecule has 0 spiro atoms. The number of hydrogen-bond acceptors (Lipinski definition) is 3. The van der Waals surface area contributed by atoms with Gasteiger partial charge in [0, 0.05) is 13.1 Å². The van der Waals surface area contributed by atoms with Gasteiger partial charge in [-0.15, -0.1) is 0 Å². The number of sulfone groups is 1. The smallest absolute Gasteiger partial charge is 0.226 e. The summed E-state index contributed by atoms with van der Waals surface area (Å²) in [6, 6.07) is 0. The van der Waals surface area contributed by atoms with Crippen molar-refractivity contribution in [3.63, 3.8) is 0 Å². The molecule has 0 N–H and O–H groups in total. The molecular weight excluding hydrogens is 190 g/mol. The summed E-state index contributed by atoms with van der Waals surface area (Å²) in [6.07, 6.45) is 1.59. The molecule has 0 aromatic rings. The minimum atomic E-state index is -2.91. The molecule has 5 heteroatoms. The lowest BCUT2D eigenvalue weighted by Gasteiger charge is -2.32. The summed E-state index contributed by atoms with van der Waals surface area (Å²) in [7, 11) is -2.91. The zero-order valence-corrected chi connectivity index (χ0v) is 8.22. The van der Waals surface area contributed by atoms with Crippen molar-refractivity contribution in [1.82, 2.24) is 4.90 Å². The van der Waals surface area contributed by atoms with Crippen LogP contribution in [0.2, 0.25) is 0 Å². The van der Waals surface area contributed by atoms with Gasteiger partial charge in [0.15, 0.2) is 9.84 Å². The second-order valence-electron chi connectivity index (χ2n) is 3.78. The minimum Gasteiger partial charge on any atom is -0.342 e. The van der Waals surface area contributed by atoms with E-state index >= 15 is 0 Å². The van der Waals surface area contributed by atoms with E-state index in [1.807, 2.05) is 0 Å². The maximum absolute atomic E-state index is 11.6. The molecule has 74 valence electrons. The van der Waals surface area contributed by atoms with Crippen molar-refractivity contribution in [2.45, 2.75) is 12.8 Å². The summed E-state index contributed by atoms with van der Waals surface area (Å²) in [4.78, 5) is 13.3. The number of likely N-dealkylation sites (tertiary alicyclic amines) is 1. The molecule has 0 aromatic carbocycles. The van der Waals surface area contributed by atoms with Crippen molar-refractivity contribution in [3.05, 3.63) is 0 Å². The van der Waals surface area contributed by atoms with Crippen molar-refractivity contribution in [1.29, 1.82) is 0 Å². The summed E-state index contributed by atoms with van der Waals surface area (Å²) in [5, 5.41) is 0. The number of rotatable bonds is 1. The highest BCUT2D eigenvalue weighted by Crippen LogP contribution is 2.22. The molecule has 1 unspecified atom stereocenters. The SMILES string of the molecule is O=C(C1CCS(=O)(=O)C1)N1CCC1. The standard InChI is InChI=1S/C8H13NO3S/c10-8(9-3-1-4-9)7-2-5-13(11,12)6-7/h7H,1-6H2. The molecule has 1 amide bonds. The Morgan fingerprint density at radius 3 is 2.38 bits per heavy atom. The van der Waals surface area contributed by atoms with Gasteiger partial charge in [0.25, 0.3) is 0 Å². The maximum atomic E-state index is 11.6. The molecule has 2 aliphatic heterocycles. The molecule has 0 radical (unpaired) electrons. The molecule has 1 atom stereocenters. The Morgan fingerprint density at radius 2 is 2.00 bits per heavy atom. The van der Waals surface area contributed by atoms with Crippen LogP contribution in [0.1, 0.15) is 12.8 Å². The lowest BCUT2D eigenvalue weighted by Crippen LogP contribution is -2.45.